The molecule has 3 nitrogen and oxygen atoms in total. The summed E-state index contributed by atoms with van der Waals surface area (Å²) in [5.41, 5.74) is -0.814. The Hall–Kier alpha value is -1.96. The standard InChI is InChI=1S/C13H11F5N2O/c1-7-5-19-10(21-7)6-20-12(13(16,17)18)8-3-2-4-9(14)11(8)15/h2-5,12,20H,6H2,1H3/t12-/m0/s1. The smallest absolute Gasteiger partial charge is 0.408 e. The maximum Gasteiger partial charge on any atom is 0.408 e. The highest BCUT2D eigenvalue weighted by Crippen LogP contribution is 2.34. The van der Waals surface area contributed by atoms with E-state index in [0.29, 0.717) is 5.76 Å². The molecule has 0 aliphatic carbocycles. The summed E-state index contributed by atoms with van der Waals surface area (Å²) in [6.07, 6.45) is -3.45. The zero-order valence-electron chi connectivity index (χ0n) is 10.8. The van der Waals surface area contributed by atoms with E-state index in [0.717, 1.165) is 18.2 Å². The predicted molar refractivity (Wildman–Crippen MR) is 63.2 cm³/mol. The third-order valence-corrected chi connectivity index (χ3v) is 2.75. The van der Waals surface area contributed by atoms with Crippen LogP contribution in [0.15, 0.2) is 28.8 Å². The molecule has 2 rings (SSSR count). The molecule has 0 spiro atoms. The summed E-state index contributed by atoms with van der Waals surface area (Å²) in [6, 6.07) is 0.290. The number of aryl methyl sites for hydroxylation is 1. The molecular formula is C13H11F5N2O. The van der Waals surface area contributed by atoms with E-state index >= 15 is 0 Å². The fraction of sp³-hybridized carbons (Fsp3) is 0.308. The molecule has 0 fully saturated rings. The van der Waals surface area contributed by atoms with Crippen LogP contribution in [0.2, 0.25) is 0 Å². The molecule has 1 heterocycles. The van der Waals surface area contributed by atoms with Crippen molar-refractivity contribution in [1.29, 1.82) is 0 Å². The van der Waals surface area contributed by atoms with Crippen LogP contribution in [-0.4, -0.2) is 11.2 Å². The molecule has 0 radical (unpaired) electrons. The Bertz CT molecular complexity index is 623. The third kappa shape index (κ3) is 3.57. The Morgan fingerprint density at radius 3 is 2.57 bits per heavy atom. The molecule has 0 bridgehead atoms. The molecule has 0 amide bonds. The van der Waals surface area contributed by atoms with Crippen LogP contribution >= 0.6 is 0 Å². The number of nitrogens with zero attached hydrogens (tertiary/aromatic N) is 1. The van der Waals surface area contributed by atoms with Crippen molar-refractivity contribution < 1.29 is 26.4 Å². The van der Waals surface area contributed by atoms with Gasteiger partial charge in [-0.1, -0.05) is 12.1 Å². The van der Waals surface area contributed by atoms with Gasteiger partial charge in [0.1, 0.15) is 11.8 Å². The van der Waals surface area contributed by atoms with Crippen molar-refractivity contribution in [2.75, 3.05) is 0 Å². The molecule has 0 saturated heterocycles. The van der Waals surface area contributed by atoms with Crippen molar-refractivity contribution in [2.45, 2.75) is 25.7 Å². The lowest BCUT2D eigenvalue weighted by atomic mass is 10.1. The van der Waals surface area contributed by atoms with Crippen molar-refractivity contribution in [2.24, 2.45) is 0 Å². The summed E-state index contributed by atoms with van der Waals surface area (Å²) in [6.45, 7) is 1.22. The number of nitrogens with one attached hydrogen (secondary N) is 1. The van der Waals surface area contributed by atoms with Gasteiger partial charge in [-0.05, 0) is 13.0 Å². The fourth-order valence-corrected chi connectivity index (χ4v) is 1.82. The summed E-state index contributed by atoms with van der Waals surface area (Å²) in [7, 11) is 0. The van der Waals surface area contributed by atoms with Gasteiger partial charge in [-0.3, -0.25) is 5.32 Å². The van der Waals surface area contributed by atoms with Crippen LogP contribution in [0.1, 0.15) is 23.3 Å². The number of alkyl halides is 3. The van der Waals surface area contributed by atoms with Crippen LogP contribution < -0.4 is 5.32 Å². The van der Waals surface area contributed by atoms with Gasteiger partial charge in [0.2, 0.25) is 5.89 Å². The number of oxazole rings is 1. The van der Waals surface area contributed by atoms with E-state index in [2.05, 4.69) is 10.3 Å². The third-order valence-electron chi connectivity index (χ3n) is 2.75. The predicted octanol–water partition coefficient (Wildman–Crippen LogP) is 3.65. The lowest BCUT2D eigenvalue weighted by molar-refractivity contribution is -0.159. The second-order valence-electron chi connectivity index (χ2n) is 4.36. The molecule has 0 aliphatic rings. The van der Waals surface area contributed by atoms with Crippen molar-refractivity contribution in [3.63, 3.8) is 0 Å². The molecular weight excluding hydrogens is 295 g/mol. The van der Waals surface area contributed by atoms with E-state index in [1.807, 2.05) is 0 Å². The highest BCUT2D eigenvalue weighted by atomic mass is 19.4. The Balaban J connectivity index is 2.25. The first-order valence-electron chi connectivity index (χ1n) is 5.94. The molecule has 0 aliphatic heterocycles. The van der Waals surface area contributed by atoms with E-state index in [1.54, 1.807) is 6.92 Å². The first-order chi connectivity index (χ1) is 9.79. The molecule has 1 aromatic carbocycles. The monoisotopic (exact) mass is 306 g/mol. The Morgan fingerprint density at radius 2 is 2.00 bits per heavy atom. The van der Waals surface area contributed by atoms with Gasteiger partial charge in [0.15, 0.2) is 11.6 Å². The maximum atomic E-state index is 13.6. The summed E-state index contributed by atoms with van der Waals surface area (Å²) < 4.78 is 70.7. The van der Waals surface area contributed by atoms with E-state index in [-0.39, 0.29) is 12.4 Å². The van der Waals surface area contributed by atoms with Crippen LogP contribution in [-0.2, 0) is 6.54 Å². The van der Waals surface area contributed by atoms with Gasteiger partial charge < -0.3 is 4.42 Å². The number of aromatic nitrogens is 1. The fourth-order valence-electron chi connectivity index (χ4n) is 1.82. The van der Waals surface area contributed by atoms with Gasteiger partial charge in [-0.15, -0.1) is 0 Å². The van der Waals surface area contributed by atoms with Crippen molar-refractivity contribution in [1.82, 2.24) is 10.3 Å². The van der Waals surface area contributed by atoms with Crippen LogP contribution in [0.3, 0.4) is 0 Å². The molecule has 0 unspecified atom stereocenters. The lowest BCUT2D eigenvalue weighted by Crippen LogP contribution is -2.34. The van der Waals surface area contributed by atoms with Crippen molar-refractivity contribution >= 4 is 0 Å². The largest absolute Gasteiger partial charge is 0.445 e. The van der Waals surface area contributed by atoms with Gasteiger partial charge in [-0.2, -0.15) is 13.2 Å². The molecule has 1 atom stereocenters. The summed E-state index contributed by atoms with van der Waals surface area (Å²) >= 11 is 0. The first-order valence-corrected chi connectivity index (χ1v) is 5.94. The van der Waals surface area contributed by atoms with Crippen LogP contribution in [0.25, 0.3) is 0 Å². The maximum absolute atomic E-state index is 13.6. The number of rotatable bonds is 4. The van der Waals surface area contributed by atoms with Crippen LogP contribution in [0.4, 0.5) is 22.0 Å². The topological polar surface area (TPSA) is 38.1 Å². The van der Waals surface area contributed by atoms with Gasteiger partial charge >= 0.3 is 6.18 Å². The molecule has 1 N–H and O–H groups in total. The molecule has 21 heavy (non-hydrogen) atoms. The van der Waals surface area contributed by atoms with E-state index < -0.39 is 29.4 Å². The van der Waals surface area contributed by atoms with Gasteiger partial charge in [-0.25, -0.2) is 13.8 Å². The minimum atomic E-state index is -4.80. The number of halogens is 5. The number of hydrogen-bond acceptors (Lipinski definition) is 3. The van der Waals surface area contributed by atoms with Crippen LogP contribution in [0.5, 0.6) is 0 Å². The average Bonchev–Trinajstić information content (AvgIpc) is 2.79. The molecule has 2 aromatic rings. The molecule has 1 aromatic heterocycles. The number of benzene rings is 1. The molecule has 114 valence electrons. The average molecular weight is 306 g/mol. The zero-order valence-corrected chi connectivity index (χ0v) is 10.8. The minimum Gasteiger partial charge on any atom is -0.445 e. The normalized spacial score (nSPS) is 13.4. The van der Waals surface area contributed by atoms with Gasteiger partial charge in [0.25, 0.3) is 0 Å². The Labute approximate surface area is 116 Å². The van der Waals surface area contributed by atoms with Crippen molar-refractivity contribution in [3.8, 4) is 0 Å². The van der Waals surface area contributed by atoms with E-state index in [1.165, 1.54) is 6.20 Å². The second kappa shape index (κ2) is 5.80. The Morgan fingerprint density at radius 1 is 1.29 bits per heavy atom. The van der Waals surface area contributed by atoms with Gasteiger partial charge in [0, 0.05) is 5.56 Å². The summed E-state index contributed by atoms with van der Waals surface area (Å²) in [5.74, 6) is -2.41. The summed E-state index contributed by atoms with van der Waals surface area (Å²) in [4.78, 5) is 3.74. The minimum absolute atomic E-state index is 0.0264. The quantitative estimate of drug-likeness (QED) is 0.876. The van der Waals surface area contributed by atoms with E-state index in [9.17, 15) is 22.0 Å². The van der Waals surface area contributed by atoms with Gasteiger partial charge in [0.05, 0.1) is 12.7 Å². The van der Waals surface area contributed by atoms with Crippen molar-refractivity contribution in [3.05, 3.63) is 53.2 Å². The lowest BCUT2D eigenvalue weighted by Gasteiger charge is -2.22. The Kier molecular flexibility index (Phi) is 4.26. The second-order valence-corrected chi connectivity index (χ2v) is 4.36. The summed E-state index contributed by atoms with van der Waals surface area (Å²) in [5, 5.41) is 2.09. The van der Waals surface area contributed by atoms with Crippen LogP contribution in [0, 0.1) is 18.6 Å². The molecule has 0 saturated carbocycles. The SMILES string of the molecule is Cc1cnc(CN[C@@H](c2cccc(F)c2F)C(F)(F)F)o1. The zero-order chi connectivity index (χ0) is 15.6. The highest BCUT2D eigenvalue weighted by molar-refractivity contribution is 5.24. The highest BCUT2D eigenvalue weighted by Gasteiger charge is 2.42. The molecule has 8 heteroatoms. The van der Waals surface area contributed by atoms with E-state index in [4.69, 9.17) is 4.42 Å². The first kappa shape index (κ1) is 15.4. The number of hydrogen-bond donors (Lipinski definition) is 1.